The maximum Gasteiger partial charge on any atom is 0.264 e. The second kappa shape index (κ2) is 7.19. The van der Waals surface area contributed by atoms with Crippen LogP contribution >= 0.6 is 0 Å². The summed E-state index contributed by atoms with van der Waals surface area (Å²) in [6.07, 6.45) is -0.350. The van der Waals surface area contributed by atoms with Crippen molar-refractivity contribution in [3.05, 3.63) is 96.1 Å². The van der Waals surface area contributed by atoms with E-state index in [0.717, 1.165) is 27.8 Å². The highest BCUT2D eigenvalue weighted by atomic mass is 16.2. The molecule has 1 amide bonds. The van der Waals surface area contributed by atoms with Crippen LogP contribution in [0.2, 0.25) is 0 Å². The van der Waals surface area contributed by atoms with Crippen molar-refractivity contribution in [1.82, 2.24) is 4.98 Å². The van der Waals surface area contributed by atoms with Gasteiger partial charge in [-0.05, 0) is 42.0 Å². The van der Waals surface area contributed by atoms with Crippen molar-refractivity contribution in [2.75, 3.05) is 29.2 Å². The van der Waals surface area contributed by atoms with Gasteiger partial charge in [0.15, 0.2) is 0 Å². The number of benzene rings is 3. The maximum absolute atomic E-state index is 13.7. The molecular weight excluding hydrogens is 372 g/mol. The number of carbonyl (C=O) groups excluding carboxylic acids is 1. The predicted octanol–water partition coefficient (Wildman–Crippen LogP) is 5.07. The lowest BCUT2D eigenvalue weighted by Crippen LogP contribution is -2.43. The lowest BCUT2D eigenvalue weighted by Gasteiger charge is -2.37. The Balaban J connectivity index is 1.66. The Hall–Kier alpha value is -3.86. The number of carbonyl (C=O) groups is 1. The molecule has 0 saturated carbocycles. The first-order chi connectivity index (χ1) is 14.6. The van der Waals surface area contributed by atoms with Crippen molar-refractivity contribution >= 4 is 34.0 Å². The minimum atomic E-state index is -0.350. The van der Waals surface area contributed by atoms with Gasteiger partial charge >= 0.3 is 0 Å². The molecule has 5 heteroatoms. The highest BCUT2D eigenvalue weighted by molar-refractivity contribution is 6.13. The van der Waals surface area contributed by atoms with Crippen molar-refractivity contribution in [1.29, 1.82) is 0 Å². The Labute approximate surface area is 175 Å². The highest BCUT2D eigenvalue weighted by Crippen LogP contribution is 2.37. The van der Waals surface area contributed by atoms with E-state index in [2.05, 4.69) is 34.5 Å². The Kier molecular flexibility index (Phi) is 4.36. The quantitative estimate of drug-likeness (QED) is 0.527. The second-order valence-corrected chi connectivity index (χ2v) is 7.62. The van der Waals surface area contributed by atoms with Crippen LogP contribution in [-0.2, 0) is 0 Å². The number of aromatic nitrogens is 1. The minimum absolute atomic E-state index is 0.0603. The van der Waals surface area contributed by atoms with Gasteiger partial charge in [0.05, 0.1) is 11.1 Å². The molecule has 4 aromatic rings. The first kappa shape index (κ1) is 18.2. The van der Waals surface area contributed by atoms with Crippen LogP contribution in [-0.4, -0.2) is 25.0 Å². The molecule has 0 radical (unpaired) electrons. The van der Waals surface area contributed by atoms with Gasteiger partial charge in [0.2, 0.25) is 0 Å². The largest absolute Gasteiger partial charge is 0.378 e. The molecule has 0 fully saturated rings. The van der Waals surface area contributed by atoms with Gasteiger partial charge in [0.25, 0.3) is 5.91 Å². The normalized spacial score (nSPS) is 15.6. The maximum atomic E-state index is 13.7. The number of nitrogens with zero attached hydrogens (tertiary/aromatic N) is 3. The molecule has 5 nitrogen and oxygen atoms in total. The number of anilines is 3. The van der Waals surface area contributed by atoms with Crippen LogP contribution in [0.15, 0.2) is 84.9 Å². The van der Waals surface area contributed by atoms with Crippen molar-refractivity contribution in [3.63, 3.8) is 0 Å². The molecule has 3 aromatic carbocycles. The summed E-state index contributed by atoms with van der Waals surface area (Å²) in [5.41, 5.74) is 4.40. The van der Waals surface area contributed by atoms with E-state index < -0.39 is 0 Å². The summed E-state index contributed by atoms with van der Waals surface area (Å²) in [5.74, 6) is 0.558. The van der Waals surface area contributed by atoms with E-state index in [4.69, 9.17) is 4.98 Å². The smallest absolute Gasteiger partial charge is 0.264 e. The van der Waals surface area contributed by atoms with Crippen molar-refractivity contribution in [2.24, 2.45) is 0 Å². The number of hydrogen-bond acceptors (Lipinski definition) is 4. The van der Waals surface area contributed by atoms with E-state index in [1.807, 2.05) is 79.7 Å². The fourth-order valence-corrected chi connectivity index (χ4v) is 3.87. The first-order valence-electron chi connectivity index (χ1n) is 9.94. The molecule has 0 aliphatic carbocycles. The zero-order valence-corrected chi connectivity index (χ0v) is 16.9. The Morgan fingerprint density at radius 3 is 2.33 bits per heavy atom. The summed E-state index contributed by atoms with van der Waals surface area (Å²) in [6.45, 7) is 0. The van der Waals surface area contributed by atoms with Gasteiger partial charge in [-0.2, -0.15) is 0 Å². The zero-order valence-electron chi connectivity index (χ0n) is 16.9. The highest BCUT2D eigenvalue weighted by Gasteiger charge is 2.35. The van der Waals surface area contributed by atoms with Gasteiger partial charge in [0, 0.05) is 30.9 Å². The van der Waals surface area contributed by atoms with E-state index in [1.54, 1.807) is 0 Å². The van der Waals surface area contributed by atoms with Crippen LogP contribution in [0.25, 0.3) is 10.9 Å². The molecule has 1 aliphatic heterocycles. The van der Waals surface area contributed by atoms with E-state index in [0.29, 0.717) is 11.4 Å². The number of rotatable bonds is 3. The molecule has 1 atom stereocenters. The van der Waals surface area contributed by atoms with Gasteiger partial charge in [-0.3, -0.25) is 9.69 Å². The molecule has 30 heavy (non-hydrogen) atoms. The first-order valence-corrected chi connectivity index (χ1v) is 9.94. The van der Waals surface area contributed by atoms with Gasteiger partial charge in [-0.1, -0.05) is 48.5 Å². The second-order valence-electron chi connectivity index (χ2n) is 7.62. The summed E-state index contributed by atoms with van der Waals surface area (Å²) in [7, 11) is 4.03. The molecule has 2 heterocycles. The zero-order chi connectivity index (χ0) is 20.7. The number of hydrogen-bond donors (Lipinski definition) is 1. The topological polar surface area (TPSA) is 48.5 Å². The van der Waals surface area contributed by atoms with Crippen LogP contribution in [0.3, 0.4) is 0 Å². The summed E-state index contributed by atoms with van der Waals surface area (Å²) < 4.78 is 0. The molecular formula is C25H22N4O. The predicted molar refractivity (Wildman–Crippen MR) is 122 cm³/mol. The van der Waals surface area contributed by atoms with Crippen LogP contribution in [0.4, 0.5) is 17.2 Å². The fourth-order valence-electron chi connectivity index (χ4n) is 3.87. The molecule has 1 aromatic heterocycles. The third-order valence-corrected chi connectivity index (χ3v) is 5.46. The molecule has 5 rings (SSSR count). The number of nitrogens with one attached hydrogen (secondary N) is 1. The third-order valence-electron chi connectivity index (χ3n) is 5.46. The molecule has 1 unspecified atom stereocenters. The van der Waals surface area contributed by atoms with Crippen LogP contribution in [0, 0.1) is 0 Å². The van der Waals surface area contributed by atoms with Gasteiger partial charge < -0.3 is 10.2 Å². The average molecular weight is 394 g/mol. The molecule has 0 bridgehead atoms. The van der Waals surface area contributed by atoms with E-state index in [1.165, 1.54) is 0 Å². The summed E-state index contributed by atoms with van der Waals surface area (Å²) in [5, 5.41) is 4.47. The lowest BCUT2D eigenvalue weighted by molar-refractivity contribution is 0.0974. The van der Waals surface area contributed by atoms with Gasteiger partial charge in [-0.15, -0.1) is 0 Å². The number of pyridine rings is 1. The fraction of sp³-hybridized carbons (Fsp3) is 0.120. The molecule has 0 spiro atoms. The average Bonchev–Trinajstić information content (AvgIpc) is 2.78. The Morgan fingerprint density at radius 1 is 0.900 bits per heavy atom. The molecule has 0 saturated heterocycles. The minimum Gasteiger partial charge on any atom is -0.378 e. The van der Waals surface area contributed by atoms with E-state index >= 15 is 0 Å². The number of fused-ring (bicyclic) bond motifs is 2. The monoisotopic (exact) mass is 394 g/mol. The number of amides is 1. The molecule has 1 N–H and O–H groups in total. The summed E-state index contributed by atoms with van der Waals surface area (Å²) in [4.78, 5) is 22.3. The Morgan fingerprint density at radius 2 is 1.60 bits per heavy atom. The third kappa shape index (κ3) is 3.05. The van der Waals surface area contributed by atoms with Crippen molar-refractivity contribution in [3.8, 4) is 0 Å². The van der Waals surface area contributed by atoms with E-state index in [9.17, 15) is 4.79 Å². The number of para-hydroxylation sites is 2. The van der Waals surface area contributed by atoms with Gasteiger partial charge in [-0.25, -0.2) is 4.98 Å². The standard InChI is InChI=1S/C25H22N4O/c1-28(2)19-14-12-17(13-15-19)24-27-23-21(16-18-8-6-7-11-22(18)26-23)25(30)29(24)20-9-4-3-5-10-20/h3-16,24H,1-2H3,(H,26,27). The summed E-state index contributed by atoms with van der Waals surface area (Å²) >= 11 is 0. The van der Waals surface area contributed by atoms with Gasteiger partial charge in [0.1, 0.15) is 12.0 Å². The molecule has 148 valence electrons. The van der Waals surface area contributed by atoms with Crippen LogP contribution < -0.4 is 15.1 Å². The SMILES string of the molecule is CN(C)c1ccc(C2Nc3nc4ccccc4cc3C(=O)N2c2ccccc2)cc1. The van der Waals surface area contributed by atoms with E-state index in [-0.39, 0.29) is 12.1 Å². The van der Waals surface area contributed by atoms with Crippen molar-refractivity contribution < 1.29 is 4.79 Å². The van der Waals surface area contributed by atoms with Crippen LogP contribution in [0.1, 0.15) is 22.1 Å². The summed E-state index contributed by atoms with van der Waals surface area (Å²) in [6, 6.07) is 27.8. The molecule has 1 aliphatic rings. The van der Waals surface area contributed by atoms with Crippen LogP contribution in [0.5, 0.6) is 0 Å². The lowest BCUT2D eigenvalue weighted by atomic mass is 10.0. The Bertz CT molecular complexity index is 1220. The van der Waals surface area contributed by atoms with Crippen molar-refractivity contribution in [2.45, 2.75) is 6.17 Å².